The van der Waals surface area contributed by atoms with E-state index < -0.39 is 10.0 Å². The molecule has 1 atom stereocenters. The lowest BCUT2D eigenvalue weighted by Gasteiger charge is -2.26. The Morgan fingerprint density at radius 1 is 1.07 bits per heavy atom. The summed E-state index contributed by atoms with van der Waals surface area (Å²) in [6.07, 6.45) is 1.91. The monoisotopic (exact) mass is 430 g/mol. The summed E-state index contributed by atoms with van der Waals surface area (Å²) >= 11 is 0. The molecule has 1 unspecified atom stereocenters. The zero-order chi connectivity index (χ0) is 21.4. The van der Waals surface area contributed by atoms with E-state index in [2.05, 4.69) is 24.4 Å². The molecule has 1 heterocycles. The first-order valence-corrected chi connectivity index (χ1v) is 11.9. The van der Waals surface area contributed by atoms with Crippen LogP contribution >= 0.6 is 0 Å². The summed E-state index contributed by atoms with van der Waals surface area (Å²) < 4.78 is 32.0. The first-order chi connectivity index (χ1) is 14.5. The van der Waals surface area contributed by atoms with Crippen LogP contribution in [0.15, 0.2) is 59.5 Å². The molecular formula is C23H30N2O4S. The van der Waals surface area contributed by atoms with Crippen LogP contribution in [-0.2, 0) is 26.0 Å². The number of morpholine rings is 1. The molecule has 2 aromatic rings. The number of amides is 1. The van der Waals surface area contributed by atoms with Crippen molar-refractivity contribution in [2.24, 2.45) is 0 Å². The fourth-order valence-electron chi connectivity index (χ4n) is 3.57. The molecule has 3 rings (SSSR count). The van der Waals surface area contributed by atoms with Gasteiger partial charge in [-0.1, -0.05) is 49.4 Å². The van der Waals surface area contributed by atoms with Gasteiger partial charge in [0.25, 0.3) is 0 Å². The van der Waals surface area contributed by atoms with Crippen molar-refractivity contribution in [2.45, 2.75) is 37.0 Å². The highest BCUT2D eigenvalue weighted by atomic mass is 32.2. The van der Waals surface area contributed by atoms with Crippen LogP contribution in [-0.4, -0.2) is 51.5 Å². The van der Waals surface area contributed by atoms with Gasteiger partial charge in [-0.25, -0.2) is 8.42 Å². The summed E-state index contributed by atoms with van der Waals surface area (Å²) in [6, 6.07) is 17.0. The van der Waals surface area contributed by atoms with E-state index in [1.54, 1.807) is 24.3 Å². The van der Waals surface area contributed by atoms with Crippen molar-refractivity contribution in [2.75, 3.05) is 32.8 Å². The average Bonchev–Trinajstić information content (AvgIpc) is 2.79. The number of hydrogen-bond donors (Lipinski definition) is 1. The summed E-state index contributed by atoms with van der Waals surface area (Å²) in [5.74, 6) is 0.314. The predicted octanol–water partition coefficient (Wildman–Crippen LogP) is 2.95. The maximum Gasteiger partial charge on any atom is 0.243 e. The summed E-state index contributed by atoms with van der Waals surface area (Å²) in [5.41, 5.74) is 2.18. The number of aryl methyl sites for hydroxylation is 1. The Kier molecular flexibility index (Phi) is 8.01. The third kappa shape index (κ3) is 5.90. The molecular weight excluding hydrogens is 400 g/mol. The number of nitrogens with one attached hydrogen (secondary N) is 1. The van der Waals surface area contributed by atoms with Gasteiger partial charge in [-0.15, -0.1) is 0 Å². The second-order valence-corrected chi connectivity index (χ2v) is 9.42. The average molecular weight is 431 g/mol. The van der Waals surface area contributed by atoms with Gasteiger partial charge < -0.3 is 10.1 Å². The highest BCUT2D eigenvalue weighted by Crippen LogP contribution is 2.19. The van der Waals surface area contributed by atoms with Crippen LogP contribution in [0.25, 0.3) is 0 Å². The van der Waals surface area contributed by atoms with Gasteiger partial charge in [-0.3, -0.25) is 4.79 Å². The van der Waals surface area contributed by atoms with E-state index in [0.717, 1.165) is 12.0 Å². The van der Waals surface area contributed by atoms with Crippen LogP contribution in [0, 0.1) is 0 Å². The number of benzene rings is 2. The Labute approximate surface area is 179 Å². The fourth-order valence-corrected chi connectivity index (χ4v) is 4.98. The summed E-state index contributed by atoms with van der Waals surface area (Å²) in [4.78, 5) is 12.6. The van der Waals surface area contributed by atoms with Crippen molar-refractivity contribution >= 4 is 15.9 Å². The molecule has 0 radical (unpaired) electrons. The van der Waals surface area contributed by atoms with Gasteiger partial charge in [-0.05, 0) is 36.1 Å². The van der Waals surface area contributed by atoms with E-state index in [-0.39, 0.29) is 10.8 Å². The first-order valence-electron chi connectivity index (χ1n) is 10.5. The largest absolute Gasteiger partial charge is 0.379 e. The quantitative estimate of drug-likeness (QED) is 0.664. The number of carbonyl (C=O) groups excluding carboxylic acids is 1. The highest BCUT2D eigenvalue weighted by Gasteiger charge is 2.26. The SMILES string of the molecule is CCC(CNC(=O)CCc1ccc(S(=O)(=O)N2CCOCC2)cc1)c1ccccc1. The molecule has 0 saturated carbocycles. The van der Waals surface area contributed by atoms with Gasteiger partial charge >= 0.3 is 0 Å². The number of ether oxygens (including phenoxy) is 1. The zero-order valence-electron chi connectivity index (χ0n) is 17.4. The van der Waals surface area contributed by atoms with Crippen molar-refractivity contribution in [1.29, 1.82) is 0 Å². The van der Waals surface area contributed by atoms with Gasteiger partial charge in [0.15, 0.2) is 0 Å². The Morgan fingerprint density at radius 2 is 1.73 bits per heavy atom. The first kappa shape index (κ1) is 22.5. The topological polar surface area (TPSA) is 75.7 Å². The molecule has 1 fully saturated rings. The van der Waals surface area contributed by atoms with Crippen LogP contribution in [0.3, 0.4) is 0 Å². The lowest BCUT2D eigenvalue weighted by molar-refractivity contribution is -0.121. The second-order valence-electron chi connectivity index (χ2n) is 7.48. The van der Waals surface area contributed by atoms with Crippen molar-refractivity contribution < 1.29 is 17.9 Å². The van der Waals surface area contributed by atoms with Crippen LogP contribution in [0.5, 0.6) is 0 Å². The third-order valence-electron chi connectivity index (χ3n) is 5.48. The van der Waals surface area contributed by atoms with Crippen LogP contribution in [0.1, 0.15) is 36.8 Å². The van der Waals surface area contributed by atoms with Gasteiger partial charge in [0.1, 0.15) is 0 Å². The molecule has 0 aromatic heterocycles. The van der Waals surface area contributed by atoms with Gasteiger partial charge in [-0.2, -0.15) is 4.31 Å². The lowest BCUT2D eigenvalue weighted by atomic mass is 9.96. The van der Waals surface area contributed by atoms with E-state index in [1.165, 1.54) is 9.87 Å². The molecule has 6 nitrogen and oxygen atoms in total. The molecule has 162 valence electrons. The third-order valence-corrected chi connectivity index (χ3v) is 7.39. The molecule has 1 N–H and O–H groups in total. The molecule has 1 saturated heterocycles. The maximum absolute atomic E-state index is 12.7. The molecule has 30 heavy (non-hydrogen) atoms. The zero-order valence-corrected chi connectivity index (χ0v) is 18.2. The number of carbonyl (C=O) groups is 1. The summed E-state index contributed by atoms with van der Waals surface area (Å²) in [5, 5.41) is 3.03. The summed E-state index contributed by atoms with van der Waals surface area (Å²) in [6.45, 7) is 4.36. The smallest absolute Gasteiger partial charge is 0.243 e. The molecule has 0 aliphatic carbocycles. The Bertz CT molecular complexity index is 908. The Balaban J connectivity index is 1.49. The number of hydrogen-bond acceptors (Lipinski definition) is 4. The summed E-state index contributed by atoms with van der Waals surface area (Å²) in [7, 11) is -3.48. The predicted molar refractivity (Wildman–Crippen MR) is 117 cm³/mol. The molecule has 2 aromatic carbocycles. The lowest BCUT2D eigenvalue weighted by Crippen LogP contribution is -2.40. The van der Waals surface area contributed by atoms with Gasteiger partial charge in [0.2, 0.25) is 15.9 Å². The number of nitrogens with zero attached hydrogens (tertiary/aromatic N) is 1. The van der Waals surface area contributed by atoms with Crippen molar-refractivity contribution in [3.63, 3.8) is 0 Å². The normalized spacial score (nSPS) is 16.2. The van der Waals surface area contributed by atoms with Crippen molar-refractivity contribution in [3.8, 4) is 0 Å². The van der Waals surface area contributed by atoms with Crippen molar-refractivity contribution in [1.82, 2.24) is 9.62 Å². The van der Waals surface area contributed by atoms with E-state index in [9.17, 15) is 13.2 Å². The van der Waals surface area contributed by atoms with Crippen LogP contribution in [0.4, 0.5) is 0 Å². The van der Waals surface area contributed by atoms with E-state index in [1.807, 2.05) is 18.2 Å². The van der Waals surface area contributed by atoms with Crippen LogP contribution in [0.2, 0.25) is 0 Å². The number of rotatable bonds is 9. The standard InChI is InChI=1S/C23H30N2O4S/c1-2-20(21-6-4-3-5-7-21)18-24-23(26)13-10-19-8-11-22(12-9-19)30(27,28)25-14-16-29-17-15-25/h3-9,11-12,20H,2,10,13-18H2,1H3,(H,24,26). The Morgan fingerprint density at radius 3 is 2.37 bits per heavy atom. The second kappa shape index (κ2) is 10.7. The van der Waals surface area contributed by atoms with Gasteiger partial charge in [0, 0.05) is 32.0 Å². The van der Waals surface area contributed by atoms with E-state index in [0.29, 0.717) is 51.6 Å². The minimum atomic E-state index is -3.48. The Hall–Kier alpha value is -2.22. The van der Waals surface area contributed by atoms with Crippen LogP contribution < -0.4 is 5.32 Å². The van der Waals surface area contributed by atoms with Gasteiger partial charge in [0.05, 0.1) is 18.1 Å². The molecule has 1 amide bonds. The molecule has 1 aliphatic heterocycles. The van der Waals surface area contributed by atoms with E-state index in [4.69, 9.17) is 4.74 Å². The maximum atomic E-state index is 12.7. The van der Waals surface area contributed by atoms with Crippen molar-refractivity contribution in [3.05, 3.63) is 65.7 Å². The molecule has 0 spiro atoms. The minimum Gasteiger partial charge on any atom is -0.379 e. The molecule has 0 bridgehead atoms. The fraction of sp³-hybridized carbons (Fsp3) is 0.435. The van der Waals surface area contributed by atoms with E-state index >= 15 is 0 Å². The molecule has 7 heteroatoms. The number of sulfonamides is 1. The minimum absolute atomic E-state index is 0.00870. The highest BCUT2D eigenvalue weighted by molar-refractivity contribution is 7.89. The molecule has 1 aliphatic rings.